The molecule has 0 bridgehead atoms. The number of aromatic nitrogens is 3. The van der Waals surface area contributed by atoms with E-state index in [1.165, 1.54) is 6.07 Å². The van der Waals surface area contributed by atoms with Gasteiger partial charge in [-0.15, -0.1) is 0 Å². The molecule has 0 radical (unpaired) electrons. The molecule has 4 heterocycles. The number of anilines is 2. The Labute approximate surface area is 144 Å². The number of halogens is 2. The molecule has 0 saturated carbocycles. The molecule has 0 aromatic carbocycles. The molecule has 1 aliphatic rings. The van der Waals surface area contributed by atoms with Gasteiger partial charge in [-0.3, -0.25) is 4.98 Å². The predicted molar refractivity (Wildman–Crippen MR) is 93.7 cm³/mol. The molecule has 0 atom stereocenters. The zero-order chi connectivity index (χ0) is 15.8. The molecule has 3 aromatic heterocycles. The van der Waals surface area contributed by atoms with Crippen LogP contribution in [-0.2, 0) is 0 Å². The average Bonchev–Trinajstić information content (AvgIpc) is 2.99. The highest BCUT2D eigenvalue weighted by Crippen LogP contribution is 2.29. The van der Waals surface area contributed by atoms with Crippen LogP contribution in [0.4, 0.5) is 15.3 Å². The Hall–Kier alpha value is -1.80. The molecule has 0 aliphatic carbocycles. The van der Waals surface area contributed by atoms with E-state index in [0.717, 1.165) is 41.5 Å². The van der Waals surface area contributed by atoms with Crippen molar-refractivity contribution in [1.29, 1.82) is 0 Å². The van der Waals surface area contributed by atoms with Gasteiger partial charge >= 0.3 is 0 Å². The standard InChI is InChI=1S/C15H13BrFN5S/c16-10-7-11(17)14(19-8-10)21-3-5-22(6-4-21)15-20-12-9-18-2-1-13(12)23-15/h1-2,7-9H,3-6H2. The maximum Gasteiger partial charge on any atom is 0.186 e. The lowest BCUT2D eigenvalue weighted by molar-refractivity contribution is 0.587. The maximum absolute atomic E-state index is 14.0. The summed E-state index contributed by atoms with van der Waals surface area (Å²) in [6.07, 6.45) is 5.20. The number of nitrogens with zero attached hydrogens (tertiary/aromatic N) is 5. The minimum absolute atomic E-state index is 0.293. The topological polar surface area (TPSA) is 45.2 Å². The van der Waals surface area contributed by atoms with E-state index < -0.39 is 0 Å². The summed E-state index contributed by atoms with van der Waals surface area (Å²) in [6.45, 7) is 3.04. The van der Waals surface area contributed by atoms with Gasteiger partial charge in [-0.2, -0.15) is 0 Å². The fourth-order valence-corrected chi connectivity index (χ4v) is 3.94. The van der Waals surface area contributed by atoms with Crippen molar-refractivity contribution in [2.75, 3.05) is 36.0 Å². The first kappa shape index (κ1) is 14.8. The molecule has 3 aromatic rings. The Morgan fingerprint density at radius 3 is 2.65 bits per heavy atom. The number of piperazine rings is 1. The van der Waals surface area contributed by atoms with Gasteiger partial charge in [-0.05, 0) is 28.1 Å². The van der Waals surface area contributed by atoms with E-state index in [9.17, 15) is 4.39 Å². The summed E-state index contributed by atoms with van der Waals surface area (Å²) in [5.41, 5.74) is 0.926. The smallest absolute Gasteiger partial charge is 0.186 e. The average molecular weight is 394 g/mol. The van der Waals surface area contributed by atoms with E-state index >= 15 is 0 Å². The molecule has 8 heteroatoms. The molecule has 118 valence electrons. The first-order valence-electron chi connectivity index (χ1n) is 7.22. The van der Waals surface area contributed by atoms with Gasteiger partial charge < -0.3 is 9.80 Å². The van der Waals surface area contributed by atoms with Gasteiger partial charge in [0.2, 0.25) is 0 Å². The van der Waals surface area contributed by atoms with Crippen molar-refractivity contribution in [2.45, 2.75) is 0 Å². The van der Waals surface area contributed by atoms with Crippen LogP contribution in [0, 0.1) is 5.82 Å². The van der Waals surface area contributed by atoms with Crippen molar-refractivity contribution in [2.24, 2.45) is 0 Å². The lowest BCUT2D eigenvalue weighted by Gasteiger charge is -2.35. The third-order valence-corrected chi connectivity index (χ3v) is 5.35. The maximum atomic E-state index is 14.0. The van der Waals surface area contributed by atoms with Crippen LogP contribution in [0.25, 0.3) is 10.2 Å². The van der Waals surface area contributed by atoms with E-state index in [1.807, 2.05) is 11.0 Å². The predicted octanol–water partition coefficient (Wildman–Crippen LogP) is 3.31. The third kappa shape index (κ3) is 2.88. The molecule has 5 nitrogen and oxygen atoms in total. The van der Waals surface area contributed by atoms with Crippen LogP contribution in [0.1, 0.15) is 0 Å². The summed E-state index contributed by atoms with van der Waals surface area (Å²) in [7, 11) is 0. The second-order valence-corrected chi connectivity index (χ2v) is 7.20. The number of pyridine rings is 2. The summed E-state index contributed by atoms with van der Waals surface area (Å²) >= 11 is 4.90. The highest BCUT2D eigenvalue weighted by molar-refractivity contribution is 9.10. The summed E-state index contributed by atoms with van der Waals surface area (Å²) in [5.74, 6) is 0.125. The molecular weight excluding hydrogens is 381 g/mol. The molecule has 1 saturated heterocycles. The van der Waals surface area contributed by atoms with Gasteiger partial charge in [-0.1, -0.05) is 11.3 Å². The number of thiazole rings is 1. The van der Waals surface area contributed by atoms with Crippen molar-refractivity contribution in [3.8, 4) is 0 Å². The molecule has 0 unspecified atom stereocenters. The SMILES string of the molecule is Fc1cc(Br)cnc1N1CCN(c2nc3cnccc3s2)CC1. The monoisotopic (exact) mass is 393 g/mol. The second-order valence-electron chi connectivity index (χ2n) is 5.27. The Kier molecular flexibility index (Phi) is 3.86. The fourth-order valence-electron chi connectivity index (χ4n) is 2.65. The summed E-state index contributed by atoms with van der Waals surface area (Å²) in [5, 5.41) is 0.997. The van der Waals surface area contributed by atoms with Gasteiger partial charge in [0.25, 0.3) is 0 Å². The molecule has 0 amide bonds. The summed E-state index contributed by atoms with van der Waals surface area (Å²) < 4.78 is 15.8. The van der Waals surface area contributed by atoms with Crippen LogP contribution >= 0.6 is 27.3 Å². The van der Waals surface area contributed by atoms with E-state index in [-0.39, 0.29) is 5.82 Å². The van der Waals surface area contributed by atoms with Crippen LogP contribution in [0.2, 0.25) is 0 Å². The first-order chi connectivity index (χ1) is 11.2. The normalized spacial score (nSPS) is 15.4. The van der Waals surface area contributed by atoms with Crippen LogP contribution < -0.4 is 9.80 Å². The van der Waals surface area contributed by atoms with Crippen molar-refractivity contribution < 1.29 is 4.39 Å². The lowest BCUT2D eigenvalue weighted by atomic mass is 10.3. The molecular formula is C15H13BrFN5S. The number of hydrogen-bond acceptors (Lipinski definition) is 6. The minimum atomic E-state index is -0.293. The van der Waals surface area contributed by atoms with Crippen LogP contribution in [0.15, 0.2) is 35.2 Å². The van der Waals surface area contributed by atoms with Crippen LogP contribution in [-0.4, -0.2) is 41.1 Å². The van der Waals surface area contributed by atoms with Gasteiger partial charge in [0.05, 0.1) is 10.9 Å². The van der Waals surface area contributed by atoms with Crippen LogP contribution in [0.3, 0.4) is 0 Å². The zero-order valence-corrected chi connectivity index (χ0v) is 14.5. The van der Waals surface area contributed by atoms with Crippen molar-refractivity contribution >= 4 is 48.4 Å². The summed E-state index contributed by atoms with van der Waals surface area (Å²) in [6, 6.07) is 3.43. The van der Waals surface area contributed by atoms with Gasteiger partial charge in [0.15, 0.2) is 16.8 Å². The number of hydrogen-bond donors (Lipinski definition) is 0. The molecule has 4 rings (SSSR count). The third-order valence-electron chi connectivity index (χ3n) is 3.82. The fraction of sp³-hybridized carbons (Fsp3) is 0.267. The zero-order valence-electron chi connectivity index (χ0n) is 12.1. The second kappa shape index (κ2) is 6.01. The largest absolute Gasteiger partial charge is 0.351 e. The molecule has 1 fully saturated rings. The molecule has 1 aliphatic heterocycles. The van der Waals surface area contributed by atoms with E-state index in [0.29, 0.717) is 10.3 Å². The van der Waals surface area contributed by atoms with Crippen molar-refractivity contribution in [3.05, 3.63) is 41.0 Å². The highest BCUT2D eigenvalue weighted by atomic mass is 79.9. The van der Waals surface area contributed by atoms with Gasteiger partial charge in [0, 0.05) is 43.0 Å². The Bertz CT molecular complexity index is 814. The van der Waals surface area contributed by atoms with Crippen LogP contribution in [0.5, 0.6) is 0 Å². The highest BCUT2D eigenvalue weighted by Gasteiger charge is 2.22. The molecule has 0 N–H and O–H groups in total. The Balaban J connectivity index is 1.50. The Morgan fingerprint density at radius 1 is 1.13 bits per heavy atom. The number of rotatable bonds is 2. The van der Waals surface area contributed by atoms with Gasteiger partial charge in [0.1, 0.15) is 5.52 Å². The first-order valence-corrected chi connectivity index (χ1v) is 8.83. The molecule has 0 spiro atoms. The van der Waals surface area contributed by atoms with E-state index in [1.54, 1.807) is 29.9 Å². The number of fused-ring (bicyclic) bond motifs is 1. The van der Waals surface area contributed by atoms with Crippen molar-refractivity contribution in [3.63, 3.8) is 0 Å². The molecule has 23 heavy (non-hydrogen) atoms. The summed E-state index contributed by atoms with van der Waals surface area (Å²) in [4.78, 5) is 17.1. The van der Waals surface area contributed by atoms with E-state index in [4.69, 9.17) is 0 Å². The van der Waals surface area contributed by atoms with Crippen molar-refractivity contribution in [1.82, 2.24) is 15.0 Å². The Morgan fingerprint density at radius 2 is 1.91 bits per heavy atom. The van der Waals surface area contributed by atoms with Gasteiger partial charge in [-0.25, -0.2) is 14.4 Å². The quantitative estimate of drug-likeness (QED) is 0.668. The lowest BCUT2D eigenvalue weighted by Crippen LogP contribution is -2.47. The van der Waals surface area contributed by atoms with E-state index in [2.05, 4.69) is 35.8 Å². The minimum Gasteiger partial charge on any atom is -0.351 e.